The van der Waals surface area contributed by atoms with Gasteiger partial charge in [0.25, 0.3) is 5.56 Å². The van der Waals surface area contributed by atoms with Gasteiger partial charge in [0.2, 0.25) is 11.8 Å². The molecule has 4 rings (SSSR count). The van der Waals surface area contributed by atoms with Crippen LogP contribution in [-0.2, 0) is 36.8 Å². The van der Waals surface area contributed by atoms with Gasteiger partial charge in [-0.2, -0.15) is 0 Å². The highest BCUT2D eigenvalue weighted by Gasteiger charge is 2.32. The summed E-state index contributed by atoms with van der Waals surface area (Å²) in [5.41, 5.74) is 0.0407. The normalized spacial score (nSPS) is 14.9. The number of imidazole rings is 1. The number of fused-ring (bicyclic) bond motifs is 1. The molecule has 1 aliphatic carbocycles. The van der Waals surface area contributed by atoms with Crippen LogP contribution in [0.5, 0.6) is 0 Å². The Hall–Kier alpha value is -3.40. The molecule has 0 radical (unpaired) electrons. The molecule has 0 spiro atoms. The van der Waals surface area contributed by atoms with E-state index in [0.717, 1.165) is 35.8 Å². The molecule has 1 fully saturated rings. The highest BCUT2D eigenvalue weighted by atomic mass is 35.5. The Kier molecular flexibility index (Phi) is 8.71. The maximum atomic E-state index is 13.9. The molecule has 1 aliphatic rings. The lowest BCUT2D eigenvalue weighted by atomic mass is 9.95. The molecule has 2 amide bonds. The number of hydrogen-bond acceptors (Lipinski definition) is 5. The molecule has 2 heterocycles. The SMILES string of the molecule is CCC[C@@H](C(=O)NC1CCCCC1)N(Cc1ccccc1Cl)C(=O)Cn1cnc2c1c(=O)n(C)c(=O)n2C. The molecule has 1 saturated carbocycles. The second-order valence-corrected chi connectivity index (χ2v) is 10.4. The van der Waals surface area contributed by atoms with Crippen LogP contribution in [0.15, 0.2) is 40.2 Å². The van der Waals surface area contributed by atoms with E-state index in [9.17, 15) is 19.2 Å². The van der Waals surface area contributed by atoms with E-state index in [1.54, 1.807) is 11.0 Å². The van der Waals surface area contributed by atoms with E-state index in [1.165, 1.54) is 36.0 Å². The minimum absolute atomic E-state index is 0.106. The highest BCUT2D eigenvalue weighted by Crippen LogP contribution is 2.22. The van der Waals surface area contributed by atoms with Gasteiger partial charge in [0.05, 0.1) is 6.33 Å². The fraction of sp³-hybridized carbons (Fsp3) is 0.519. The number of hydrogen-bond donors (Lipinski definition) is 1. The van der Waals surface area contributed by atoms with Crippen molar-refractivity contribution in [2.24, 2.45) is 14.1 Å². The van der Waals surface area contributed by atoms with Gasteiger partial charge >= 0.3 is 5.69 Å². The Balaban J connectivity index is 1.69. The Bertz CT molecular complexity index is 1440. The minimum Gasteiger partial charge on any atom is -0.352 e. The molecular formula is C27H35ClN6O4. The van der Waals surface area contributed by atoms with Gasteiger partial charge in [-0.15, -0.1) is 0 Å². The van der Waals surface area contributed by atoms with Crippen LogP contribution in [0.2, 0.25) is 5.02 Å². The topological polar surface area (TPSA) is 111 Å². The van der Waals surface area contributed by atoms with Crippen molar-refractivity contribution in [3.8, 4) is 0 Å². The number of halogens is 1. The second-order valence-electron chi connectivity index (χ2n) is 10.0. The molecule has 10 nitrogen and oxygen atoms in total. The third-order valence-electron chi connectivity index (χ3n) is 7.33. The smallest absolute Gasteiger partial charge is 0.332 e. The lowest BCUT2D eigenvalue weighted by Crippen LogP contribution is -2.52. The average molecular weight is 543 g/mol. The van der Waals surface area contributed by atoms with Crippen LogP contribution in [0.25, 0.3) is 11.2 Å². The summed E-state index contributed by atoms with van der Waals surface area (Å²) in [5, 5.41) is 3.69. The van der Waals surface area contributed by atoms with Crippen molar-refractivity contribution in [3.63, 3.8) is 0 Å². The van der Waals surface area contributed by atoms with E-state index in [0.29, 0.717) is 17.9 Å². The van der Waals surface area contributed by atoms with Gasteiger partial charge in [-0.25, -0.2) is 9.78 Å². The standard InChI is InChI=1S/C27H35ClN6O4/c1-4-10-21(25(36)30-19-12-6-5-7-13-19)34(15-18-11-8-9-14-20(18)28)22(35)16-33-17-29-24-23(33)26(37)32(3)27(38)31(24)2/h8-9,11,14,17,19,21H,4-7,10,12-13,15-16H2,1-3H3,(H,30,36)/t21-/m0/s1. The van der Waals surface area contributed by atoms with Crippen LogP contribution in [0.1, 0.15) is 57.4 Å². The first-order valence-electron chi connectivity index (χ1n) is 13.2. The summed E-state index contributed by atoms with van der Waals surface area (Å²) >= 11 is 6.45. The molecule has 204 valence electrons. The van der Waals surface area contributed by atoms with Crippen LogP contribution >= 0.6 is 11.6 Å². The highest BCUT2D eigenvalue weighted by molar-refractivity contribution is 6.31. The number of nitrogens with one attached hydrogen (secondary N) is 1. The van der Waals surface area contributed by atoms with Crippen molar-refractivity contribution in [2.45, 2.75) is 77.0 Å². The molecule has 11 heteroatoms. The van der Waals surface area contributed by atoms with E-state index in [4.69, 9.17) is 11.6 Å². The number of aryl methyl sites for hydroxylation is 1. The van der Waals surface area contributed by atoms with E-state index in [1.807, 2.05) is 25.1 Å². The molecule has 0 aliphatic heterocycles. The molecule has 1 N–H and O–H groups in total. The summed E-state index contributed by atoms with van der Waals surface area (Å²) in [6.07, 6.45) is 7.77. The van der Waals surface area contributed by atoms with Crippen molar-refractivity contribution in [3.05, 3.63) is 62.0 Å². The predicted octanol–water partition coefficient (Wildman–Crippen LogP) is 2.73. The Morgan fingerprint density at radius 3 is 2.53 bits per heavy atom. The van der Waals surface area contributed by atoms with Crippen LogP contribution in [0.4, 0.5) is 0 Å². The first kappa shape index (κ1) is 27.6. The summed E-state index contributed by atoms with van der Waals surface area (Å²) < 4.78 is 3.71. The zero-order valence-electron chi connectivity index (χ0n) is 22.2. The number of rotatable bonds is 9. The summed E-state index contributed by atoms with van der Waals surface area (Å²) in [6.45, 7) is 1.91. The largest absolute Gasteiger partial charge is 0.352 e. The lowest BCUT2D eigenvalue weighted by Gasteiger charge is -2.33. The number of nitrogens with zero attached hydrogens (tertiary/aromatic N) is 5. The van der Waals surface area contributed by atoms with Crippen LogP contribution in [0.3, 0.4) is 0 Å². The Morgan fingerprint density at radius 2 is 1.84 bits per heavy atom. The zero-order valence-corrected chi connectivity index (χ0v) is 22.9. The minimum atomic E-state index is -0.701. The first-order valence-corrected chi connectivity index (χ1v) is 13.5. The molecule has 0 unspecified atom stereocenters. The summed E-state index contributed by atoms with van der Waals surface area (Å²) in [5.74, 6) is -0.523. The zero-order chi connectivity index (χ0) is 27.4. The average Bonchev–Trinajstić information content (AvgIpc) is 3.33. The predicted molar refractivity (Wildman–Crippen MR) is 146 cm³/mol. The van der Waals surface area contributed by atoms with Gasteiger partial charge in [0.1, 0.15) is 12.6 Å². The van der Waals surface area contributed by atoms with Crippen molar-refractivity contribution >= 4 is 34.6 Å². The number of aromatic nitrogens is 4. The summed E-state index contributed by atoms with van der Waals surface area (Å²) in [6, 6.07) is 6.65. The maximum absolute atomic E-state index is 13.9. The lowest BCUT2D eigenvalue weighted by molar-refractivity contribution is -0.142. The molecule has 3 aromatic rings. The van der Waals surface area contributed by atoms with Gasteiger partial charge in [-0.3, -0.25) is 23.5 Å². The van der Waals surface area contributed by atoms with Crippen molar-refractivity contribution in [2.75, 3.05) is 0 Å². The van der Waals surface area contributed by atoms with Gasteiger partial charge in [0.15, 0.2) is 11.2 Å². The number of carbonyl (C=O) groups excluding carboxylic acids is 2. The maximum Gasteiger partial charge on any atom is 0.332 e. The third-order valence-corrected chi connectivity index (χ3v) is 7.70. The molecule has 38 heavy (non-hydrogen) atoms. The van der Waals surface area contributed by atoms with Gasteiger partial charge in [-0.1, -0.05) is 62.4 Å². The van der Waals surface area contributed by atoms with Gasteiger partial charge in [-0.05, 0) is 30.9 Å². The number of benzene rings is 1. The Labute approximate surface area is 226 Å². The fourth-order valence-corrected chi connectivity index (χ4v) is 5.38. The quantitative estimate of drug-likeness (QED) is 0.447. The molecular weight excluding hydrogens is 508 g/mol. The summed E-state index contributed by atoms with van der Waals surface area (Å²) in [4.78, 5) is 58.5. The fourth-order valence-electron chi connectivity index (χ4n) is 5.18. The molecule has 2 aromatic heterocycles. The van der Waals surface area contributed by atoms with E-state index in [2.05, 4.69) is 10.3 Å². The number of carbonyl (C=O) groups is 2. The summed E-state index contributed by atoms with van der Waals surface area (Å²) in [7, 11) is 2.92. The molecule has 1 atom stereocenters. The molecule has 1 aromatic carbocycles. The van der Waals surface area contributed by atoms with Gasteiger partial charge in [0, 0.05) is 31.7 Å². The molecule has 0 bridgehead atoms. The monoisotopic (exact) mass is 542 g/mol. The third kappa shape index (κ3) is 5.70. The van der Waals surface area contributed by atoms with Gasteiger partial charge < -0.3 is 14.8 Å². The van der Waals surface area contributed by atoms with Crippen LogP contribution in [0, 0.1) is 0 Å². The van der Waals surface area contributed by atoms with E-state index >= 15 is 0 Å². The number of amides is 2. The van der Waals surface area contributed by atoms with Crippen molar-refractivity contribution < 1.29 is 9.59 Å². The second kappa shape index (κ2) is 12.0. The van der Waals surface area contributed by atoms with E-state index in [-0.39, 0.29) is 42.1 Å². The Morgan fingerprint density at radius 1 is 1.13 bits per heavy atom. The van der Waals surface area contributed by atoms with E-state index < -0.39 is 17.3 Å². The van der Waals surface area contributed by atoms with Crippen LogP contribution in [-0.4, -0.2) is 47.5 Å². The first-order chi connectivity index (χ1) is 18.2. The molecule has 0 saturated heterocycles. The van der Waals surface area contributed by atoms with Crippen molar-refractivity contribution in [1.82, 2.24) is 28.9 Å². The van der Waals surface area contributed by atoms with Crippen LogP contribution < -0.4 is 16.6 Å². The van der Waals surface area contributed by atoms with Crippen molar-refractivity contribution in [1.29, 1.82) is 0 Å².